The summed E-state index contributed by atoms with van der Waals surface area (Å²) in [6.07, 6.45) is 0. The summed E-state index contributed by atoms with van der Waals surface area (Å²) >= 11 is 0. The molecule has 10 heteroatoms. The highest BCUT2D eigenvalue weighted by atomic mass is 19.3. The van der Waals surface area contributed by atoms with Gasteiger partial charge in [0.05, 0.1) is 35.0 Å². The molecular weight excluding hydrogens is 350 g/mol. The maximum absolute atomic E-state index is 12.5. The molecule has 0 saturated heterocycles. The molecule has 2 aromatic rings. The Balaban J connectivity index is 2.11. The SMILES string of the molecule is Cc1ccc(NC(=O)C(C)Cn2nc([N+](=O)[O-])cc2C)c(OC(F)F)c1. The zero-order valence-corrected chi connectivity index (χ0v) is 14.4. The van der Waals surface area contributed by atoms with E-state index in [1.165, 1.54) is 22.9 Å². The van der Waals surface area contributed by atoms with Gasteiger partial charge in [-0.2, -0.15) is 13.5 Å². The molecule has 0 bridgehead atoms. The van der Waals surface area contributed by atoms with E-state index in [-0.39, 0.29) is 23.8 Å². The first-order chi connectivity index (χ1) is 12.2. The van der Waals surface area contributed by atoms with Gasteiger partial charge in [0.2, 0.25) is 5.91 Å². The number of amides is 1. The van der Waals surface area contributed by atoms with Crippen molar-refractivity contribution >= 4 is 17.4 Å². The molecule has 0 spiro atoms. The molecule has 0 aliphatic rings. The van der Waals surface area contributed by atoms with E-state index in [1.54, 1.807) is 26.8 Å². The van der Waals surface area contributed by atoms with Crippen LogP contribution in [0.4, 0.5) is 20.3 Å². The van der Waals surface area contributed by atoms with Crippen LogP contribution in [0, 0.1) is 29.9 Å². The Morgan fingerprint density at radius 1 is 1.38 bits per heavy atom. The Morgan fingerprint density at radius 3 is 2.65 bits per heavy atom. The summed E-state index contributed by atoms with van der Waals surface area (Å²) < 4.78 is 30.8. The van der Waals surface area contributed by atoms with E-state index >= 15 is 0 Å². The smallest absolute Gasteiger partial charge is 0.390 e. The standard InChI is InChI=1S/C16H18F2N4O4/c1-9-4-5-12(13(6-9)26-16(17)18)19-15(23)10(2)8-21-11(3)7-14(20-21)22(24)25/h4-7,10,16H,8H2,1-3H3,(H,19,23). The molecule has 0 fully saturated rings. The van der Waals surface area contributed by atoms with Gasteiger partial charge in [-0.25, -0.2) is 0 Å². The van der Waals surface area contributed by atoms with Gasteiger partial charge in [0.25, 0.3) is 0 Å². The third kappa shape index (κ3) is 4.74. The average Bonchev–Trinajstić information content (AvgIpc) is 2.90. The molecule has 26 heavy (non-hydrogen) atoms. The van der Waals surface area contributed by atoms with E-state index in [0.717, 1.165) is 0 Å². The number of halogens is 2. The van der Waals surface area contributed by atoms with Crippen molar-refractivity contribution in [2.45, 2.75) is 33.9 Å². The molecule has 0 aliphatic heterocycles. The first kappa shape index (κ1) is 19.3. The summed E-state index contributed by atoms with van der Waals surface area (Å²) in [6, 6.07) is 5.83. The monoisotopic (exact) mass is 368 g/mol. The molecular formula is C16H18F2N4O4. The lowest BCUT2D eigenvalue weighted by atomic mass is 10.1. The highest BCUT2D eigenvalue weighted by molar-refractivity contribution is 5.93. The van der Waals surface area contributed by atoms with Crippen LogP contribution in [0.15, 0.2) is 24.3 Å². The number of nitrogens with zero attached hydrogens (tertiary/aromatic N) is 3. The number of carbonyl (C=O) groups excluding carboxylic acids is 1. The maximum atomic E-state index is 12.5. The van der Waals surface area contributed by atoms with Crippen molar-refractivity contribution in [1.82, 2.24) is 9.78 Å². The molecule has 2 rings (SSSR count). The van der Waals surface area contributed by atoms with Crippen molar-refractivity contribution in [3.63, 3.8) is 0 Å². The van der Waals surface area contributed by atoms with Gasteiger partial charge in [-0.15, -0.1) is 0 Å². The third-order valence-electron chi connectivity index (χ3n) is 3.66. The van der Waals surface area contributed by atoms with Crippen molar-refractivity contribution in [2.75, 3.05) is 5.32 Å². The van der Waals surface area contributed by atoms with Crippen molar-refractivity contribution < 1.29 is 23.2 Å². The Hall–Kier alpha value is -3.04. The van der Waals surface area contributed by atoms with Crippen LogP contribution < -0.4 is 10.1 Å². The number of nitrogens with one attached hydrogen (secondary N) is 1. The number of aryl methyl sites for hydroxylation is 2. The number of aromatic nitrogens is 2. The predicted molar refractivity (Wildman–Crippen MR) is 89.2 cm³/mol. The Labute approximate surface area is 147 Å². The largest absolute Gasteiger partial charge is 0.433 e. The summed E-state index contributed by atoms with van der Waals surface area (Å²) in [4.78, 5) is 22.5. The van der Waals surface area contributed by atoms with E-state index in [0.29, 0.717) is 11.3 Å². The van der Waals surface area contributed by atoms with E-state index in [4.69, 9.17) is 0 Å². The minimum atomic E-state index is -3.02. The normalized spacial score (nSPS) is 12.1. The lowest BCUT2D eigenvalue weighted by Gasteiger charge is -2.15. The number of rotatable bonds is 7. The van der Waals surface area contributed by atoms with Gasteiger partial charge in [0.15, 0.2) is 0 Å². The van der Waals surface area contributed by atoms with Crippen LogP contribution in [-0.4, -0.2) is 27.2 Å². The summed E-state index contributed by atoms with van der Waals surface area (Å²) in [5.41, 5.74) is 1.36. The zero-order chi connectivity index (χ0) is 19.4. The van der Waals surface area contributed by atoms with Crippen molar-refractivity contribution in [3.05, 3.63) is 45.6 Å². The zero-order valence-electron chi connectivity index (χ0n) is 14.4. The quantitative estimate of drug-likeness (QED) is 0.597. The molecule has 1 heterocycles. The van der Waals surface area contributed by atoms with Crippen LogP contribution in [0.3, 0.4) is 0 Å². The van der Waals surface area contributed by atoms with Crippen LogP contribution in [0.2, 0.25) is 0 Å². The van der Waals surface area contributed by atoms with Gasteiger partial charge >= 0.3 is 12.4 Å². The van der Waals surface area contributed by atoms with Gasteiger partial charge in [-0.1, -0.05) is 13.0 Å². The first-order valence-electron chi connectivity index (χ1n) is 7.72. The molecule has 0 radical (unpaired) electrons. The lowest BCUT2D eigenvalue weighted by molar-refractivity contribution is -0.389. The number of hydrogen-bond donors (Lipinski definition) is 1. The fourth-order valence-electron chi connectivity index (χ4n) is 2.29. The number of nitro groups is 1. The number of anilines is 1. The highest BCUT2D eigenvalue weighted by Crippen LogP contribution is 2.28. The predicted octanol–water partition coefficient (Wildman–Crippen LogP) is 3.28. The fourth-order valence-corrected chi connectivity index (χ4v) is 2.29. The van der Waals surface area contributed by atoms with Crippen LogP contribution in [-0.2, 0) is 11.3 Å². The lowest BCUT2D eigenvalue weighted by Crippen LogP contribution is -2.25. The van der Waals surface area contributed by atoms with Crippen LogP contribution in [0.1, 0.15) is 18.2 Å². The van der Waals surface area contributed by atoms with Crippen molar-refractivity contribution in [2.24, 2.45) is 5.92 Å². The highest BCUT2D eigenvalue weighted by Gasteiger charge is 2.22. The minimum absolute atomic E-state index is 0.0996. The fraction of sp³-hybridized carbons (Fsp3) is 0.375. The van der Waals surface area contributed by atoms with E-state index in [9.17, 15) is 23.7 Å². The summed E-state index contributed by atoms with van der Waals surface area (Å²) in [6.45, 7) is 2.03. The molecule has 0 aliphatic carbocycles. The number of carbonyl (C=O) groups is 1. The average molecular weight is 368 g/mol. The Morgan fingerprint density at radius 2 is 2.08 bits per heavy atom. The number of hydrogen-bond acceptors (Lipinski definition) is 5. The topological polar surface area (TPSA) is 99.3 Å². The van der Waals surface area contributed by atoms with Crippen LogP contribution in [0.5, 0.6) is 5.75 Å². The number of alkyl halides is 2. The summed E-state index contributed by atoms with van der Waals surface area (Å²) in [5, 5.41) is 17.1. The Bertz CT molecular complexity index is 823. The first-order valence-corrected chi connectivity index (χ1v) is 7.72. The second-order valence-corrected chi connectivity index (χ2v) is 5.85. The van der Waals surface area contributed by atoms with Gasteiger partial charge < -0.3 is 20.2 Å². The van der Waals surface area contributed by atoms with Crippen molar-refractivity contribution in [3.8, 4) is 5.75 Å². The number of benzene rings is 1. The molecule has 1 aromatic carbocycles. The summed E-state index contributed by atoms with van der Waals surface area (Å²) in [5.74, 6) is -1.51. The second-order valence-electron chi connectivity index (χ2n) is 5.85. The molecule has 1 amide bonds. The number of ether oxygens (including phenoxy) is 1. The molecule has 1 atom stereocenters. The van der Waals surface area contributed by atoms with Gasteiger partial charge in [0, 0.05) is 0 Å². The van der Waals surface area contributed by atoms with Crippen molar-refractivity contribution in [1.29, 1.82) is 0 Å². The molecule has 8 nitrogen and oxygen atoms in total. The van der Waals surface area contributed by atoms with Gasteiger partial charge in [-0.05, 0) is 36.5 Å². The Kier molecular flexibility index (Phi) is 5.86. The third-order valence-corrected chi connectivity index (χ3v) is 3.66. The van der Waals surface area contributed by atoms with E-state index < -0.39 is 23.4 Å². The molecule has 1 unspecified atom stereocenters. The summed E-state index contributed by atoms with van der Waals surface area (Å²) in [7, 11) is 0. The van der Waals surface area contributed by atoms with E-state index in [1.807, 2.05) is 0 Å². The minimum Gasteiger partial charge on any atom is -0.433 e. The van der Waals surface area contributed by atoms with Gasteiger partial charge in [0.1, 0.15) is 5.75 Å². The van der Waals surface area contributed by atoms with Crippen LogP contribution in [0.25, 0.3) is 0 Å². The van der Waals surface area contributed by atoms with Crippen LogP contribution >= 0.6 is 0 Å². The van der Waals surface area contributed by atoms with Gasteiger partial charge in [-0.3, -0.25) is 4.79 Å². The molecule has 1 aromatic heterocycles. The second kappa shape index (κ2) is 7.89. The maximum Gasteiger partial charge on any atom is 0.390 e. The molecule has 0 saturated carbocycles. The molecule has 140 valence electrons. The molecule has 1 N–H and O–H groups in total. The van der Waals surface area contributed by atoms with E-state index in [2.05, 4.69) is 15.2 Å².